The molecule has 0 bridgehead atoms. The van der Waals surface area contributed by atoms with Crippen LogP contribution in [0, 0.1) is 0 Å². The molecule has 0 saturated carbocycles. The number of rotatable bonds is 4. The molecule has 0 radical (unpaired) electrons. The molecule has 0 saturated heterocycles. The summed E-state index contributed by atoms with van der Waals surface area (Å²) in [6, 6.07) is 0. The third-order valence-electron chi connectivity index (χ3n) is 0.443. The van der Waals surface area contributed by atoms with Gasteiger partial charge < -0.3 is 0 Å². The van der Waals surface area contributed by atoms with Gasteiger partial charge in [0, 0.05) is 0 Å². The van der Waals surface area contributed by atoms with E-state index in [0.29, 0.717) is 0 Å². The van der Waals surface area contributed by atoms with Crippen molar-refractivity contribution in [3.8, 4) is 0 Å². The van der Waals surface area contributed by atoms with Gasteiger partial charge in [0.05, 0.1) is 0 Å². The summed E-state index contributed by atoms with van der Waals surface area (Å²) in [5.74, 6) is 0. The highest BCUT2D eigenvalue weighted by Gasteiger charge is 1.86. The molecule has 0 aliphatic rings. The van der Waals surface area contributed by atoms with Gasteiger partial charge in [-0.05, 0) is 11.3 Å². The molecule has 7 heavy (non-hydrogen) atoms. The van der Waals surface area contributed by atoms with E-state index in [0.717, 1.165) is 24.7 Å². The fourth-order valence-electron chi connectivity index (χ4n) is 0.211. The van der Waals surface area contributed by atoms with Crippen molar-refractivity contribution < 1.29 is 0 Å². The van der Waals surface area contributed by atoms with Crippen LogP contribution in [0.5, 0.6) is 0 Å². The van der Waals surface area contributed by atoms with Crippen molar-refractivity contribution in [1.82, 2.24) is 0 Å². The molecular formula is C2H6B2Cl2S. The van der Waals surface area contributed by atoms with Gasteiger partial charge in [0.15, 0.2) is 0 Å². The Morgan fingerprint density at radius 2 is 1.57 bits per heavy atom. The van der Waals surface area contributed by atoms with Crippen molar-refractivity contribution in [3.63, 3.8) is 0 Å². The smallest absolute Gasteiger partial charge is 0.200 e. The normalized spacial score (nSPS) is 8.29. The average Bonchev–Trinajstić information content (AvgIpc) is 1.69. The Morgan fingerprint density at radius 3 is 1.86 bits per heavy atom. The lowest BCUT2D eigenvalue weighted by Crippen LogP contribution is -1.89. The van der Waals surface area contributed by atoms with E-state index in [1.807, 2.05) is 0 Å². The molecular weight excluding hydrogens is 149 g/mol. The van der Waals surface area contributed by atoms with Gasteiger partial charge in [-0.3, -0.25) is 0 Å². The molecule has 0 aromatic heterocycles. The van der Waals surface area contributed by atoms with Crippen LogP contribution in [0.3, 0.4) is 0 Å². The minimum atomic E-state index is 0.738. The van der Waals surface area contributed by atoms with Crippen LogP contribution in [0.25, 0.3) is 0 Å². The molecule has 0 atom stereocenters. The van der Waals surface area contributed by atoms with Crippen LogP contribution in [0.2, 0.25) is 0 Å². The van der Waals surface area contributed by atoms with E-state index in [4.69, 9.17) is 22.9 Å². The maximum Gasteiger partial charge on any atom is 0.243 e. The second kappa shape index (κ2) is 7.06. The lowest BCUT2D eigenvalue weighted by atomic mass is 10.2. The number of halogens is 2. The molecule has 0 aliphatic carbocycles. The summed E-state index contributed by atoms with van der Waals surface area (Å²) in [7, 11) is 0. The first-order valence-electron chi connectivity index (χ1n) is 2.11. The summed E-state index contributed by atoms with van der Waals surface area (Å²) < 4.78 is 0. The van der Waals surface area contributed by atoms with Gasteiger partial charge in [0.2, 0.25) is 13.4 Å². The van der Waals surface area contributed by atoms with E-state index in [1.54, 1.807) is 11.8 Å². The Balaban J connectivity index is 2.45. The molecule has 0 amide bonds. The van der Waals surface area contributed by atoms with E-state index < -0.39 is 0 Å². The first kappa shape index (κ1) is 8.06. The van der Waals surface area contributed by atoms with E-state index in [1.165, 1.54) is 0 Å². The van der Waals surface area contributed by atoms with Gasteiger partial charge in [-0.1, -0.05) is 0 Å². The van der Waals surface area contributed by atoms with Gasteiger partial charge >= 0.3 is 0 Å². The maximum atomic E-state index is 5.37. The average molecular weight is 155 g/mol. The highest BCUT2D eigenvalue weighted by atomic mass is 35.5. The molecule has 0 nitrogen and oxygen atoms in total. The summed E-state index contributed by atoms with van der Waals surface area (Å²) in [6.45, 7) is 1.48. The summed E-state index contributed by atoms with van der Waals surface area (Å²) in [5.41, 5.74) is 2.04. The van der Waals surface area contributed by atoms with E-state index in [2.05, 4.69) is 0 Å². The van der Waals surface area contributed by atoms with Crippen molar-refractivity contribution in [3.05, 3.63) is 0 Å². The zero-order chi connectivity index (χ0) is 5.54. The van der Waals surface area contributed by atoms with Gasteiger partial charge in [0.1, 0.15) is 0 Å². The Bertz CT molecular complexity index is 32.9. The zero-order valence-corrected chi connectivity index (χ0v) is 6.32. The van der Waals surface area contributed by atoms with Gasteiger partial charge in [-0.2, -0.15) is 11.8 Å². The second-order valence-electron chi connectivity index (χ2n) is 0.990. The standard InChI is InChI=1S/C2H6B2Cl2S/c5-3-1-7-2-4-6/h3-4H,1-2H2. The molecule has 0 heterocycles. The Hall–Kier alpha value is 1.06. The van der Waals surface area contributed by atoms with Crippen LogP contribution in [0.1, 0.15) is 0 Å². The molecule has 0 N–H and O–H groups in total. The molecule has 0 unspecified atom stereocenters. The van der Waals surface area contributed by atoms with E-state index in [9.17, 15) is 0 Å². The van der Waals surface area contributed by atoms with Gasteiger partial charge in [-0.15, -0.1) is 0 Å². The van der Waals surface area contributed by atoms with Crippen molar-refractivity contribution in [2.24, 2.45) is 0 Å². The minimum absolute atomic E-state index is 0.738. The summed E-state index contributed by atoms with van der Waals surface area (Å²) >= 11 is 12.5. The number of thioether (sulfide) groups is 1. The summed E-state index contributed by atoms with van der Waals surface area (Å²) in [6.07, 6.45) is 0. The molecule has 40 valence electrons. The van der Waals surface area contributed by atoms with Gasteiger partial charge in [0.25, 0.3) is 0 Å². The predicted molar refractivity (Wildman–Crippen MR) is 43.3 cm³/mol. The highest BCUT2D eigenvalue weighted by Crippen LogP contribution is 1.96. The van der Waals surface area contributed by atoms with Crippen molar-refractivity contribution in [2.45, 2.75) is 0 Å². The quantitative estimate of drug-likeness (QED) is 0.427. The molecule has 0 rings (SSSR count). The van der Waals surface area contributed by atoms with Crippen LogP contribution >= 0.6 is 34.7 Å². The van der Waals surface area contributed by atoms with Crippen molar-refractivity contribution >= 4 is 48.1 Å². The third kappa shape index (κ3) is 7.06. The topological polar surface area (TPSA) is 0 Å². The molecule has 0 fully saturated rings. The van der Waals surface area contributed by atoms with Crippen molar-refractivity contribution in [1.29, 1.82) is 0 Å². The van der Waals surface area contributed by atoms with Crippen LogP contribution in [-0.2, 0) is 0 Å². The van der Waals surface area contributed by atoms with Gasteiger partial charge in [-0.25, -0.2) is 22.9 Å². The Labute approximate surface area is 59.6 Å². The highest BCUT2D eigenvalue weighted by molar-refractivity contribution is 8.02. The molecule has 0 aliphatic heterocycles. The largest absolute Gasteiger partial charge is 0.243 e. The lowest BCUT2D eigenvalue weighted by molar-refractivity contribution is 2.10. The molecule has 5 heteroatoms. The van der Waals surface area contributed by atoms with Crippen LogP contribution < -0.4 is 0 Å². The summed E-state index contributed by atoms with van der Waals surface area (Å²) in [4.78, 5) is 0. The minimum Gasteiger partial charge on any atom is -0.200 e. The summed E-state index contributed by atoms with van der Waals surface area (Å²) in [5, 5.41) is 0. The third-order valence-corrected chi connectivity index (χ3v) is 2.25. The second-order valence-corrected chi connectivity index (χ2v) is 2.97. The first-order valence-corrected chi connectivity index (χ1v) is 4.34. The molecule has 0 aromatic carbocycles. The maximum absolute atomic E-state index is 5.37. The monoisotopic (exact) mass is 154 g/mol. The lowest BCUT2D eigenvalue weighted by Gasteiger charge is -1.86. The number of hydrogen-bond donors (Lipinski definition) is 0. The van der Waals surface area contributed by atoms with E-state index >= 15 is 0 Å². The van der Waals surface area contributed by atoms with Crippen LogP contribution in [0.15, 0.2) is 0 Å². The zero-order valence-electron chi connectivity index (χ0n) is 3.99. The fourth-order valence-corrected chi connectivity index (χ4v) is 1.29. The SMILES string of the molecule is ClBCSCBCl. The van der Waals surface area contributed by atoms with Crippen LogP contribution in [-0.4, -0.2) is 24.7 Å². The number of hydrogen-bond acceptors (Lipinski definition) is 1. The van der Waals surface area contributed by atoms with Crippen LogP contribution in [0.4, 0.5) is 0 Å². The Morgan fingerprint density at radius 1 is 1.14 bits per heavy atom. The van der Waals surface area contributed by atoms with Crippen molar-refractivity contribution in [2.75, 3.05) is 11.3 Å². The Kier molecular flexibility index (Phi) is 8.13. The fraction of sp³-hybridized carbons (Fsp3) is 1.00. The van der Waals surface area contributed by atoms with E-state index in [-0.39, 0.29) is 0 Å². The molecule has 0 aromatic rings. The molecule has 0 spiro atoms. The predicted octanol–water partition coefficient (Wildman–Crippen LogP) is 0.815. The first-order chi connectivity index (χ1) is 3.41.